The Labute approximate surface area is 166 Å². The molecule has 29 heavy (non-hydrogen) atoms. The Balaban J connectivity index is 1.86. The average Bonchev–Trinajstić information content (AvgIpc) is 3.31. The molecule has 0 atom stereocenters. The van der Waals surface area contributed by atoms with Crippen molar-refractivity contribution in [3.63, 3.8) is 0 Å². The van der Waals surface area contributed by atoms with E-state index >= 15 is 0 Å². The minimum absolute atomic E-state index is 0.000698. The fourth-order valence-electron chi connectivity index (χ4n) is 3.35. The number of aryl methyl sites for hydroxylation is 1. The molecule has 4 rings (SSSR count). The van der Waals surface area contributed by atoms with Crippen molar-refractivity contribution in [1.82, 2.24) is 4.98 Å². The fraction of sp³-hybridized carbons (Fsp3) is 0.0870. The number of aromatic amines is 1. The largest absolute Gasteiger partial charge is 0.454 e. The summed E-state index contributed by atoms with van der Waals surface area (Å²) in [7, 11) is 0. The first kappa shape index (κ1) is 18.4. The van der Waals surface area contributed by atoms with Crippen molar-refractivity contribution < 1.29 is 14.1 Å². The summed E-state index contributed by atoms with van der Waals surface area (Å²) in [5, 5.41) is 12.4. The highest BCUT2D eigenvalue weighted by atomic mass is 16.6. The summed E-state index contributed by atoms with van der Waals surface area (Å²) < 4.78 is 6.01. The third kappa shape index (κ3) is 3.48. The Kier molecular flexibility index (Phi) is 4.60. The van der Waals surface area contributed by atoms with Gasteiger partial charge in [0.15, 0.2) is 11.5 Å². The van der Waals surface area contributed by atoms with E-state index in [1.165, 1.54) is 19.1 Å². The third-order valence-electron chi connectivity index (χ3n) is 4.70. The zero-order valence-electron chi connectivity index (χ0n) is 15.9. The van der Waals surface area contributed by atoms with Gasteiger partial charge in [-0.05, 0) is 55.8 Å². The lowest BCUT2D eigenvalue weighted by Gasteiger charge is -2.02. The van der Waals surface area contributed by atoms with Crippen LogP contribution in [-0.4, -0.2) is 15.7 Å². The Morgan fingerprint density at radius 3 is 2.62 bits per heavy atom. The van der Waals surface area contributed by atoms with Crippen LogP contribution in [-0.2, 0) is 4.79 Å². The number of carbonyl (C=O) groups is 1. The SMILES string of the molecule is CC(=O)/C=C/c1c(-c2ccc(-c3ccc(C)cc3[N+](=O)[O-])o2)[nH]c2ccccc12. The molecule has 0 unspecified atom stereocenters. The number of carbonyl (C=O) groups excluding carboxylic acids is 1. The molecule has 2 aromatic carbocycles. The topological polar surface area (TPSA) is 89.1 Å². The summed E-state index contributed by atoms with van der Waals surface area (Å²) in [5.74, 6) is 0.887. The molecule has 0 spiro atoms. The summed E-state index contributed by atoms with van der Waals surface area (Å²) in [6.07, 6.45) is 3.26. The van der Waals surface area contributed by atoms with Gasteiger partial charge in [0.25, 0.3) is 5.69 Å². The average molecular weight is 386 g/mol. The van der Waals surface area contributed by atoms with Gasteiger partial charge in [-0.15, -0.1) is 0 Å². The van der Waals surface area contributed by atoms with Crippen LogP contribution in [0.1, 0.15) is 18.1 Å². The molecule has 0 aliphatic carbocycles. The van der Waals surface area contributed by atoms with Crippen molar-refractivity contribution in [1.29, 1.82) is 0 Å². The smallest absolute Gasteiger partial charge is 0.280 e. The standard InChI is InChI=1S/C23H18N2O4/c1-14-7-9-18(20(13-14)25(27)28)21-11-12-22(29-21)23-17(10-8-15(2)26)16-5-3-4-6-19(16)24-23/h3-13,24H,1-2H3/b10-8+. The van der Waals surface area contributed by atoms with E-state index in [1.807, 2.05) is 37.3 Å². The Morgan fingerprint density at radius 2 is 1.86 bits per heavy atom. The highest BCUT2D eigenvalue weighted by Crippen LogP contribution is 2.37. The number of aromatic nitrogens is 1. The normalized spacial score (nSPS) is 11.4. The molecule has 0 aliphatic heterocycles. The second-order valence-corrected chi connectivity index (χ2v) is 6.84. The van der Waals surface area contributed by atoms with Gasteiger partial charge in [-0.1, -0.05) is 24.3 Å². The predicted octanol–water partition coefficient (Wildman–Crippen LogP) is 5.91. The van der Waals surface area contributed by atoms with E-state index in [2.05, 4.69) is 4.98 Å². The number of benzene rings is 2. The van der Waals surface area contributed by atoms with Gasteiger partial charge in [-0.3, -0.25) is 14.9 Å². The van der Waals surface area contributed by atoms with Gasteiger partial charge in [-0.2, -0.15) is 0 Å². The minimum Gasteiger partial charge on any atom is -0.454 e. The number of nitrogens with one attached hydrogen (secondary N) is 1. The molecule has 2 heterocycles. The van der Waals surface area contributed by atoms with Gasteiger partial charge >= 0.3 is 0 Å². The Bertz CT molecular complexity index is 1280. The summed E-state index contributed by atoms with van der Waals surface area (Å²) in [5.41, 5.74) is 3.67. The summed E-state index contributed by atoms with van der Waals surface area (Å²) in [6.45, 7) is 3.30. The molecule has 0 amide bonds. The minimum atomic E-state index is -0.408. The summed E-state index contributed by atoms with van der Waals surface area (Å²) >= 11 is 0. The number of nitro benzene ring substituents is 1. The lowest BCUT2D eigenvalue weighted by Crippen LogP contribution is -1.92. The van der Waals surface area contributed by atoms with E-state index in [4.69, 9.17) is 4.42 Å². The van der Waals surface area contributed by atoms with Crippen LogP contribution >= 0.6 is 0 Å². The second-order valence-electron chi connectivity index (χ2n) is 6.84. The lowest BCUT2D eigenvalue weighted by molar-refractivity contribution is -0.384. The first-order valence-corrected chi connectivity index (χ1v) is 9.09. The fourth-order valence-corrected chi connectivity index (χ4v) is 3.35. The van der Waals surface area contributed by atoms with E-state index < -0.39 is 4.92 Å². The maximum absolute atomic E-state index is 11.5. The van der Waals surface area contributed by atoms with Crippen LogP contribution < -0.4 is 0 Å². The number of hydrogen-bond donors (Lipinski definition) is 1. The number of hydrogen-bond acceptors (Lipinski definition) is 4. The van der Waals surface area contributed by atoms with E-state index in [-0.39, 0.29) is 11.5 Å². The molecule has 0 bridgehead atoms. The monoisotopic (exact) mass is 386 g/mol. The maximum atomic E-state index is 11.5. The number of fused-ring (bicyclic) bond motifs is 1. The molecule has 0 saturated carbocycles. The number of nitrogens with zero attached hydrogens (tertiary/aromatic N) is 1. The molecule has 0 aliphatic rings. The summed E-state index contributed by atoms with van der Waals surface area (Å²) in [6, 6.07) is 16.3. The first-order valence-electron chi connectivity index (χ1n) is 9.09. The van der Waals surface area contributed by atoms with Crippen LogP contribution in [0.5, 0.6) is 0 Å². The van der Waals surface area contributed by atoms with Gasteiger partial charge in [0, 0.05) is 22.5 Å². The number of H-pyrrole nitrogens is 1. The molecule has 1 N–H and O–H groups in total. The zero-order chi connectivity index (χ0) is 20.5. The molecule has 0 radical (unpaired) electrons. The molecule has 144 valence electrons. The van der Waals surface area contributed by atoms with Crippen molar-refractivity contribution >= 4 is 28.4 Å². The van der Waals surface area contributed by atoms with Gasteiger partial charge in [-0.25, -0.2) is 0 Å². The van der Waals surface area contributed by atoms with E-state index in [0.29, 0.717) is 22.8 Å². The Morgan fingerprint density at radius 1 is 1.10 bits per heavy atom. The van der Waals surface area contributed by atoms with Crippen LogP contribution in [0.15, 0.2) is 65.1 Å². The van der Waals surface area contributed by atoms with Crippen molar-refractivity contribution in [2.75, 3.05) is 0 Å². The van der Waals surface area contributed by atoms with Crippen LogP contribution in [0.3, 0.4) is 0 Å². The van der Waals surface area contributed by atoms with Crippen molar-refractivity contribution in [2.45, 2.75) is 13.8 Å². The van der Waals surface area contributed by atoms with Gasteiger partial charge in [0.05, 0.1) is 16.2 Å². The van der Waals surface area contributed by atoms with Gasteiger partial charge < -0.3 is 9.40 Å². The molecule has 4 aromatic rings. The van der Waals surface area contributed by atoms with Crippen LogP contribution in [0.4, 0.5) is 5.69 Å². The van der Waals surface area contributed by atoms with Crippen molar-refractivity contribution in [3.05, 3.63) is 81.9 Å². The van der Waals surface area contributed by atoms with Gasteiger partial charge in [0.1, 0.15) is 5.76 Å². The Hall–Kier alpha value is -3.93. The number of nitro groups is 1. The molecule has 6 nitrogen and oxygen atoms in total. The molecular formula is C23H18N2O4. The molecule has 0 saturated heterocycles. The van der Waals surface area contributed by atoms with Crippen LogP contribution in [0.2, 0.25) is 0 Å². The zero-order valence-corrected chi connectivity index (χ0v) is 15.9. The number of para-hydroxylation sites is 1. The number of allylic oxidation sites excluding steroid dienone is 1. The lowest BCUT2D eigenvalue weighted by atomic mass is 10.1. The molecular weight excluding hydrogens is 368 g/mol. The van der Waals surface area contributed by atoms with Crippen LogP contribution in [0, 0.1) is 17.0 Å². The third-order valence-corrected chi connectivity index (χ3v) is 4.70. The first-order chi connectivity index (χ1) is 13.9. The second kappa shape index (κ2) is 7.24. The van der Waals surface area contributed by atoms with Crippen LogP contribution in [0.25, 0.3) is 39.8 Å². The maximum Gasteiger partial charge on any atom is 0.280 e. The van der Waals surface area contributed by atoms with Crippen molar-refractivity contribution in [2.24, 2.45) is 0 Å². The highest BCUT2D eigenvalue weighted by molar-refractivity contribution is 6.00. The van der Waals surface area contributed by atoms with E-state index in [9.17, 15) is 14.9 Å². The predicted molar refractivity (Wildman–Crippen MR) is 113 cm³/mol. The van der Waals surface area contributed by atoms with E-state index in [0.717, 1.165) is 22.0 Å². The quantitative estimate of drug-likeness (QED) is 0.262. The van der Waals surface area contributed by atoms with Crippen molar-refractivity contribution in [3.8, 4) is 22.8 Å². The van der Waals surface area contributed by atoms with Gasteiger partial charge in [0.2, 0.25) is 0 Å². The number of furan rings is 1. The molecule has 2 aromatic heterocycles. The molecule has 6 heteroatoms. The van der Waals surface area contributed by atoms with E-state index in [1.54, 1.807) is 24.3 Å². The summed E-state index contributed by atoms with van der Waals surface area (Å²) in [4.78, 5) is 25.8. The number of rotatable bonds is 5. The number of ketones is 1. The molecule has 0 fully saturated rings. The highest BCUT2D eigenvalue weighted by Gasteiger charge is 2.20.